The Kier molecular flexibility index (Phi) is 5.41. The summed E-state index contributed by atoms with van der Waals surface area (Å²) in [5.41, 5.74) is 1.93. The van der Waals surface area contributed by atoms with Crippen LogP contribution in [0.25, 0.3) is 0 Å². The van der Waals surface area contributed by atoms with Crippen LogP contribution in [-0.2, 0) is 19.0 Å². The van der Waals surface area contributed by atoms with Crippen LogP contribution < -0.4 is 4.90 Å². The van der Waals surface area contributed by atoms with E-state index in [1.807, 2.05) is 26.0 Å². The highest BCUT2D eigenvalue weighted by Crippen LogP contribution is 2.48. The van der Waals surface area contributed by atoms with E-state index in [0.717, 1.165) is 17.6 Å². The molecule has 0 saturated heterocycles. The molecule has 9 nitrogen and oxygen atoms in total. The molecule has 3 rings (SSSR count). The number of carbonyl (C=O) groups excluding carboxylic acids is 3. The molecular weight excluding hydrogens is 380 g/mol. The number of ether oxygens (including phenoxy) is 3. The average Bonchev–Trinajstić information content (AvgIpc) is 2.71. The van der Waals surface area contributed by atoms with Crippen LogP contribution in [0.15, 0.2) is 29.5 Å². The molecule has 1 aromatic carbocycles. The third-order valence-corrected chi connectivity index (χ3v) is 5.30. The fourth-order valence-corrected chi connectivity index (χ4v) is 3.88. The van der Waals surface area contributed by atoms with E-state index >= 15 is 0 Å². The number of hydrogen-bond acceptors (Lipinski definition) is 7. The fraction of sp³-hybridized carbons (Fsp3) is 0.450. The lowest BCUT2D eigenvalue weighted by molar-refractivity contribution is -0.137. The number of aliphatic hydroxyl groups excluding tert-OH is 1. The van der Waals surface area contributed by atoms with E-state index < -0.39 is 30.4 Å². The second kappa shape index (κ2) is 7.65. The maximum Gasteiger partial charge on any atom is 0.416 e. The Bertz CT molecular complexity index is 893. The summed E-state index contributed by atoms with van der Waals surface area (Å²) in [6.07, 6.45) is -2.82. The van der Waals surface area contributed by atoms with Gasteiger partial charge in [0, 0.05) is 6.42 Å². The number of methoxy groups -OCH3 is 3. The molecule has 1 N–H and O–H groups in total. The van der Waals surface area contributed by atoms with Crippen molar-refractivity contribution in [1.82, 2.24) is 4.90 Å². The number of nitrogens with zero attached hydrogens (tertiary/aromatic N) is 2. The van der Waals surface area contributed by atoms with Gasteiger partial charge in [-0.3, -0.25) is 9.80 Å². The molecule has 29 heavy (non-hydrogen) atoms. The average molecular weight is 404 g/mol. The maximum absolute atomic E-state index is 12.7. The zero-order valence-corrected chi connectivity index (χ0v) is 17.0. The Hall–Kier alpha value is -3.23. The van der Waals surface area contributed by atoms with E-state index in [9.17, 15) is 19.5 Å². The molecule has 0 aliphatic carbocycles. The third-order valence-electron chi connectivity index (χ3n) is 5.30. The SMILES string of the molecule is COC(=O)C1=C(O)C[C@@H]2c3cc(C(C)C)ccc3N(C(=O)OC)[C@H]1N2C(=O)OC. The Balaban J connectivity index is 2.32. The van der Waals surface area contributed by atoms with Gasteiger partial charge in [0.15, 0.2) is 6.17 Å². The Morgan fingerprint density at radius 1 is 1.07 bits per heavy atom. The smallest absolute Gasteiger partial charge is 0.416 e. The minimum atomic E-state index is -1.27. The van der Waals surface area contributed by atoms with Gasteiger partial charge < -0.3 is 19.3 Å². The van der Waals surface area contributed by atoms with Gasteiger partial charge in [-0.1, -0.05) is 26.0 Å². The third kappa shape index (κ3) is 3.16. The Morgan fingerprint density at radius 3 is 2.28 bits per heavy atom. The molecule has 0 unspecified atom stereocenters. The molecule has 1 aromatic rings. The predicted octanol–water partition coefficient (Wildman–Crippen LogP) is 3.22. The van der Waals surface area contributed by atoms with Crippen LogP contribution in [0, 0.1) is 0 Å². The zero-order chi connectivity index (χ0) is 21.5. The highest BCUT2D eigenvalue weighted by atomic mass is 16.6. The molecule has 0 saturated carbocycles. The van der Waals surface area contributed by atoms with Crippen molar-refractivity contribution in [3.63, 3.8) is 0 Å². The summed E-state index contributed by atoms with van der Waals surface area (Å²) in [4.78, 5) is 40.3. The van der Waals surface area contributed by atoms with Crippen molar-refractivity contribution in [3.8, 4) is 0 Å². The number of aliphatic hydroxyl groups is 1. The van der Waals surface area contributed by atoms with Crippen LogP contribution in [0.4, 0.5) is 15.3 Å². The molecule has 0 aromatic heterocycles. The molecule has 9 heteroatoms. The lowest BCUT2D eigenvalue weighted by atomic mass is 9.85. The molecule has 0 radical (unpaired) electrons. The van der Waals surface area contributed by atoms with Crippen molar-refractivity contribution in [2.45, 2.75) is 38.4 Å². The fourth-order valence-electron chi connectivity index (χ4n) is 3.88. The van der Waals surface area contributed by atoms with Crippen molar-refractivity contribution in [1.29, 1.82) is 0 Å². The van der Waals surface area contributed by atoms with Crippen molar-refractivity contribution in [2.24, 2.45) is 0 Å². The number of hydrogen-bond donors (Lipinski definition) is 1. The summed E-state index contributed by atoms with van der Waals surface area (Å²) in [5, 5.41) is 10.6. The van der Waals surface area contributed by atoms with E-state index in [2.05, 4.69) is 0 Å². The number of carbonyl (C=O) groups is 3. The van der Waals surface area contributed by atoms with Crippen LogP contribution in [-0.4, -0.2) is 55.7 Å². The zero-order valence-electron chi connectivity index (χ0n) is 17.0. The van der Waals surface area contributed by atoms with E-state index in [0.29, 0.717) is 11.3 Å². The number of benzene rings is 1. The van der Waals surface area contributed by atoms with E-state index in [1.54, 1.807) is 6.07 Å². The topological polar surface area (TPSA) is 106 Å². The standard InChI is InChI=1S/C20H24N2O7/c1-10(2)11-6-7-13-12(8-11)14-9-15(23)16(18(24)27-3)17(21(13)19(25)28-4)22(14)20(26)29-5/h6-8,10,14,17,23H,9H2,1-5H3/t14-,17+/m1/s1. The molecule has 2 aliphatic heterocycles. The minimum absolute atomic E-state index is 0.0143. The largest absolute Gasteiger partial charge is 0.512 e. The van der Waals surface area contributed by atoms with E-state index in [4.69, 9.17) is 14.2 Å². The van der Waals surface area contributed by atoms with Gasteiger partial charge in [0.25, 0.3) is 0 Å². The Labute approximate surface area is 168 Å². The number of esters is 1. The van der Waals surface area contributed by atoms with Gasteiger partial charge in [-0.2, -0.15) is 0 Å². The molecule has 156 valence electrons. The van der Waals surface area contributed by atoms with Crippen molar-refractivity contribution in [2.75, 3.05) is 26.2 Å². The number of amides is 2. The maximum atomic E-state index is 12.7. The van der Waals surface area contributed by atoms with Crippen molar-refractivity contribution >= 4 is 23.8 Å². The summed E-state index contributed by atoms with van der Waals surface area (Å²) in [5.74, 6) is -0.896. The number of rotatable bonds is 2. The monoisotopic (exact) mass is 404 g/mol. The van der Waals surface area contributed by atoms with Gasteiger partial charge in [-0.15, -0.1) is 0 Å². The number of fused-ring (bicyclic) bond motifs is 4. The minimum Gasteiger partial charge on any atom is -0.512 e. The van der Waals surface area contributed by atoms with Crippen molar-refractivity contribution < 1.29 is 33.7 Å². The Morgan fingerprint density at radius 2 is 1.72 bits per heavy atom. The van der Waals surface area contributed by atoms with Crippen LogP contribution in [0.2, 0.25) is 0 Å². The van der Waals surface area contributed by atoms with Gasteiger partial charge >= 0.3 is 18.2 Å². The van der Waals surface area contributed by atoms with Crippen LogP contribution >= 0.6 is 0 Å². The molecule has 0 fully saturated rings. The molecule has 2 heterocycles. The normalized spacial score (nSPS) is 20.3. The van der Waals surface area contributed by atoms with Gasteiger partial charge in [0.05, 0.1) is 33.1 Å². The molecular formula is C20H24N2O7. The first kappa shape index (κ1) is 20.5. The second-order valence-corrected chi connectivity index (χ2v) is 7.14. The lowest BCUT2D eigenvalue weighted by Gasteiger charge is -2.50. The quantitative estimate of drug-likeness (QED) is 0.596. The van der Waals surface area contributed by atoms with E-state index in [1.165, 1.54) is 19.1 Å². The van der Waals surface area contributed by atoms with Gasteiger partial charge in [0.2, 0.25) is 0 Å². The molecule has 2 aliphatic rings. The highest BCUT2D eigenvalue weighted by Gasteiger charge is 2.53. The summed E-state index contributed by atoms with van der Waals surface area (Å²) in [6.45, 7) is 4.05. The number of anilines is 1. The van der Waals surface area contributed by atoms with Crippen LogP contribution in [0.5, 0.6) is 0 Å². The first-order valence-corrected chi connectivity index (χ1v) is 9.14. The summed E-state index contributed by atoms with van der Waals surface area (Å²) < 4.78 is 14.7. The highest BCUT2D eigenvalue weighted by molar-refractivity contribution is 5.99. The van der Waals surface area contributed by atoms with Crippen LogP contribution in [0.1, 0.15) is 43.4 Å². The predicted molar refractivity (Wildman–Crippen MR) is 102 cm³/mol. The summed E-state index contributed by atoms with van der Waals surface area (Å²) >= 11 is 0. The van der Waals surface area contributed by atoms with Gasteiger partial charge in [-0.25, -0.2) is 14.4 Å². The molecule has 0 spiro atoms. The van der Waals surface area contributed by atoms with Crippen molar-refractivity contribution in [3.05, 3.63) is 40.7 Å². The van der Waals surface area contributed by atoms with Gasteiger partial charge in [-0.05, 0) is 23.1 Å². The summed E-state index contributed by atoms with van der Waals surface area (Å²) in [7, 11) is 3.57. The second-order valence-electron chi connectivity index (χ2n) is 7.14. The molecule has 2 atom stereocenters. The van der Waals surface area contributed by atoms with Gasteiger partial charge in [0.1, 0.15) is 11.3 Å². The van der Waals surface area contributed by atoms with Crippen LogP contribution in [0.3, 0.4) is 0 Å². The molecule has 2 amide bonds. The first-order valence-electron chi connectivity index (χ1n) is 9.14. The van der Waals surface area contributed by atoms with E-state index in [-0.39, 0.29) is 23.7 Å². The molecule has 2 bridgehead atoms. The summed E-state index contributed by atoms with van der Waals surface area (Å²) in [6, 6.07) is 4.90. The first-order chi connectivity index (χ1) is 13.8. The lowest BCUT2D eigenvalue weighted by Crippen LogP contribution is -2.61.